The number of rotatable bonds is 7. The van der Waals surface area contributed by atoms with Crippen LogP contribution in [0.25, 0.3) is 0 Å². The van der Waals surface area contributed by atoms with Crippen molar-refractivity contribution in [3.8, 4) is 11.5 Å². The molecule has 2 aromatic rings. The van der Waals surface area contributed by atoms with E-state index in [2.05, 4.69) is 4.72 Å². The van der Waals surface area contributed by atoms with Crippen molar-refractivity contribution >= 4 is 10.0 Å². The fraction of sp³-hybridized carbons (Fsp3) is 0.333. The van der Waals surface area contributed by atoms with Gasteiger partial charge in [0.1, 0.15) is 11.5 Å². The summed E-state index contributed by atoms with van der Waals surface area (Å²) >= 11 is 0. The first kappa shape index (κ1) is 18.3. The van der Waals surface area contributed by atoms with Gasteiger partial charge in [0.25, 0.3) is 0 Å². The van der Waals surface area contributed by atoms with E-state index < -0.39 is 16.1 Å². The summed E-state index contributed by atoms with van der Waals surface area (Å²) in [5.41, 5.74) is 2.47. The predicted molar refractivity (Wildman–Crippen MR) is 94.9 cm³/mol. The molecule has 130 valence electrons. The number of aryl methyl sites for hydroxylation is 1. The number of ether oxygens (including phenoxy) is 2. The number of nitrogens with one attached hydrogen (secondary N) is 1. The standard InChI is InChI=1S/C18H23NO4S/c1-13-7-5-6-8-15(13)12-24(20,21)19-14(2)17-11-16(22-3)9-10-18(17)23-4/h5-11,14,19H,12H2,1-4H3/t14-/m0/s1. The Balaban J connectivity index is 2.22. The van der Waals surface area contributed by atoms with Crippen LogP contribution in [0.1, 0.15) is 29.7 Å². The summed E-state index contributed by atoms with van der Waals surface area (Å²) in [4.78, 5) is 0. The van der Waals surface area contributed by atoms with Crippen LogP contribution in [0.4, 0.5) is 0 Å². The van der Waals surface area contributed by atoms with Crippen molar-refractivity contribution in [2.24, 2.45) is 0 Å². The van der Waals surface area contributed by atoms with E-state index in [0.717, 1.165) is 16.7 Å². The lowest BCUT2D eigenvalue weighted by Gasteiger charge is -2.18. The average molecular weight is 349 g/mol. The van der Waals surface area contributed by atoms with Crippen LogP contribution in [0.15, 0.2) is 42.5 Å². The van der Waals surface area contributed by atoms with Crippen LogP contribution in [0.3, 0.4) is 0 Å². The fourth-order valence-corrected chi connectivity index (χ4v) is 4.01. The van der Waals surface area contributed by atoms with Crippen molar-refractivity contribution in [3.05, 3.63) is 59.2 Å². The van der Waals surface area contributed by atoms with Crippen LogP contribution >= 0.6 is 0 Å². The van der Waals surface area contributed by atoms with Crippen molar-refractivity contribution in [2.45, 2.75) is 25.6 Å². The summed E-state index contributed by atoms with van der Waals surface area (Å²) in [5, 5.41) is 0. The van der Waals surface area contributed by atoms with E-state index in [0.29, 0.717) is 11.5 Å². The highest BCUT2D eigenvalue weighted by Crippen LogP contribution is 2.29. The highest BCUT2D eigenvalue weighted by molar-refractivity contribution is 7.88. The third-order valence-corrected chi connectivity index (χ3v) is 5.27. The molecule has 0 aliphatic carbocycles. The molecular weight excluding hydrogens is 326 g/mol. The molecule has 6 heteroatoms. The second-order valence-electron chi connectivity index (χ2n) is 5.63. The number of sulfonamides is 1. The topological polar surface area (TPSA) is 64.6 Å². The van der Waals surface area contributed by atoms with Crippen LogP contribution in [0.5, 0.6) is 11.5 Å². The molecule has 24 heavy (non-hydrogen) atoms. The molecule has 0 saturated carbocycles. The largest absolute Gasteiger partial charge is 0.497 e. The molecule has 0 unspecified atom stereocenters. The molecule has 0 radical (unpaired) electrons. The lowest BCUT2D eigenvalue weighted by atomic mass is 10.1. The third-order valence-electron chi connectivity index (χ3n) is 3.87. The van der Waals surface area contributed by atoms with Gasteiger partial charge in [-0.1, -0.05) is 24.3 Å². The molecule has 0 aliphatic heterocycles. The van der Waals surface area contributed by atoms with Crippen LogP contribution in [0.2, 0.25) is 0 Å². The van der Waals surface area contributed by atoms with Crippen LogP contribution in [-0.4, -0.2) is 22.6 Å². The van der Waals surface area contributed by atoms with Gasteiger partial charge in [-0.2, -0.15) is 0 Å². The molecule has 2 rings (SSSR count). The molecule has 0 saturated heterocycles. The quantitative estimate of drug-likeness (QED) is 0.834. The van der Waals surface area contributed by atoms with Gasteiger partial charge in [-0.3, -0.25) is 0 Å². The minimum atomic E-state index is -3.50. The lowest BCUT2D eigenvalue weighted by molar-refractivity contribution is 0.395. The van der Waals surface area contributed by atoms with Gasteiger partial charge < -0.3 is 9.47 Å². The van der Waals surface area contributed by atoms with Crippen molar-refractivity contribution in [3.63, 3.8) is 0 Å². The maximum absolute atomic E-state index is 12.5. The molecule has 0 bridgehead atoms. The summed E-state index contributed by atoms with van der Waals surface area (Å²) in [6, 6.07) is 12.3. The Hall–Kier alpha value is -2.05. The zero-order chi connectivity index (χ0) is 17.7. The first-order chi connectivity index (χ1) is 11.4. The van der Waals surface area contributed by atoms with Crippen LogP contribution in [-0.2, 0) is 15.8 Å². The van der Waals surface area contributed by atoms with Gasteiger partial charge in [-0.15, -0.1) is 0 Å². The Morgan fingerprint density at radius 2 is 1.79 bits per heavy atom. The maximum Gasteiger partial charge on any atom is 0.216 e. The molecule has 1 N–H and O–H groups in total. The van der Waals surface area contributed by atoms with Gasteiger partial charge in [0.15, 0.2) is 0 Å². The third kappa shape index (κ3) is 4.49. The Labute approximate surface area is 143 Å². The van der Waals surface area contributed by atoms with Crippen LogP contribution < -0.4 is 14.2 Å². The van der Waals surface area contributed by atoms with E-state index >= 15 is 0 Å². The Kier molecular flexibility index (Phi) is 5.85. The van der Waals surface area contributed by atoms with Gasteiger partial charge in [-0.25, -0.2) is 13.1 Å². The summed E-state index contributed by atoms with van der Waals surface area (Å²) in [6.45, 7) is 3.69. The Morgan fingerprint density at radius 1 is 1.08 bits per heavy atom. The predicted octanol–water partition coefficient (Wildman–Crippen LogP) is 3.19. The second-order valence-corrected chi connectivity index (χ2v) is 7.39. The first-order valence-electron chi connectivity index (χ1n) is 7.62. The maximum atomic E-state index is 12.5. The zero-order valence-corrected chi connectivity index (χ0v) is 15.2. The molecule has 0 fully saturated rings. The first-order valence-corrected chi connectivity index (χ1v) is 9.28. The summed E-state index contributed by atoms with van der Waals surface area (Å²) < 4.78 is 38.3. The summed E-state index contributed by atoms with van der Waals surface area (Å²) in [5.74, 6) is 1.20. The van der Waals surface area contributed by atoms with E-state index in [-0.39, 0.29) is 5.75 Å². The van der Waals surface area contributed by atoms with Gasteiger partial charge in [0, 0.05) is 11.6 Å². The van der Waals surface area contributed by atoms with Gasteiger partial charge in [0.05, 0.1) is 20.0 Å². The van der Waals surface area contributed by atoms with Gasteiger partial charge in [0.2, 0.25) is 10.0 Å². The van der Waals surface area contributed by atoms with E-state index in [4.69, 9.17) is 9.47 Å². The molecule has 0 aliphatic rings. The van der Waals surface area contributed by atoms with E-state index in [1.807, 2.05) is 31.2 Å². The van der Waals surface area contributed by atoms with E-state index in [1.54, 1.807) is 39.3 Å². The minimum absolute atomic E-state index is 0.0592. The molecule has 0 spiro atoms. The highest BCUT2D eigenvalue weighted by atomic mass is 32.2. The summed E-state index contributed by atoms with van der Waals surface area (Å²) in [6.07, 6.45) is 0. The Morgan fingerprint density at radius 3 is 2.42 bits per heavy atom. The average Bonchev–Trinajstić information content (AvgIpc) is 2.55. The number of hydrogen-bond acceptors (Lipinski definition) is 4. The lowest BCUT2D eigenvalue weighted by Crippen LogP contribution is -2.28. The van der Waals surface area contributed by atoms with Crippen molar-refractivity contribution in [2.75, 3.05) is 14.2 Å². The van der Waals surface area contributed by atoms with Crippen molar-refractivity contribution < 1.29 is 17.9 Å². The monoisotopic (exact) mass is 349 g/mol. The van der Waals surface area contributed by atoms with E-state index in [1.165, 1.54) is 0 Å². The summed E-state index contributed by atoms with van der Waals surface area (Å²) in [7, 11) is -0.372. The minimum Gasteiger partial charge on any atom is -0.497 e. The Bertz CT molecular complexity index is 802. The van der Waals surface area contributed by atoms with Crippen molar-refractivity contribution in [1.82, 2.24) is 4.72 Å². The molecule has 0 aromatic heterocycles. The number of hydrogen-bond donors (Lipinski definition) is 1. The molecule has 0 heterocycles. The molecule has 2 aromatic carbocycles. The molecule has 1 atom stereocenters. The molecular formula is C18H23NO4S. The van der Waals surface area contributed by atoms with Gasteiger partial charge in [-0.05, 0) is 43.2 Å². The fourth-order valence-electron chi connectivity index (χ4n) is 2.53. The van der Waals surface area contributed by atoms with Crippen LogP contribution in [0, 0.1) is 6.92 Å². The zero-order valence-electron chi connectivity index (χ0n) is 14.4. The highest BCUT2D eigenvalue weighted by Gasteiger charge is 2.20. The smallest absolute Gasteiger partial charge is 0.216 e. The molecule has 0 amide bonds. The van der Waals surface area contributed by atoms with E-state index in [9.17, 15) is 8.42 Å². The number of methoxy groups -OCH3 is 2. The SMILES string of the molecule is COc1ccc(OC)c([C@H](C)NS(=O)(=O)Cc2ccccc2C)c1. The molecule has 5 nitrogen and oxygen atoms in total. The second kappa shape index (κ2) is 7.68. The van der Waals surface area contributed by atoms with Gasteiger partial charge >= 0.3 is 0 Å². The number of benzene rings is 2. The normalized spacial score (nSPS) is 12.7. The van der Waals surface area contributed by atoms with Crippen molar-refractivity contribution in [1.29, 1.82) is 0 Å².